The lowest BCUT2D eigenvalue weighted by atomic mass is 9.78. The standard InChI is InChI=1S/C20H34N4O2S.2ClH/c1-19(2,3)17-22-16(14-27-17)13-23-9-11-24(12-10-23)18(25)20(15-26-4)5-7-21-8-6-20;;/h14,21H,5-13,15H2,1-4H3;2*1H. The van der Waals surface area contributed by atoms with Gasteiger partial charge in [-0.05, 0) is 25.9 Å². The first-order valence-corrected chi connectivity index (χ1v) is 10.9. The molecular formula is C20H36Cl2N4O2S. The van der Waals surface area contributed by atoms with Crippen LogP contribution in [0.5, 0.6) is 0 Å². The highest BCUT2D eigenvalue weighted by Gasteiger charge is 2.42. The number of methoxy groups -OCH3 is 1. The third-order valence-corrected chi connectivity index (χ3v) is 6.99. The van der Waals surface area contributed by atoms with E-state index < -0.39 is 0 Å². The average molecular weight is 468 g/mol. The van der Waals surface area contributed by atoms with Crippen LogP contribution >= 0.6 is 36.2 Å². The van der Waals surface area contributed by atoms with E-state index in [1.54, 1.807) is 18.4 Å². The minimum atomic E-state index is -0.335. The van der Waals surface area contributed by atoms with Crippen LogP contribution in [0.25, 0.3) is 0 Å². The Morgan fingerprint density at radius 3 is 2.34 bits per heavy atom. The number of piperidine rings is 1. The second-order valence-electron chi connectivity index (χ2n) is 8.93. The second kappa shape index (κ2) is 11.3. The number of halogens is 2. The van der Waals surface area contributed by atoms with E-state index in [9.17, 15) is 4.79 Å². The zero-order valence-corrected chi connectivity index (χ0v) is 20.5. The van der Waals surface area contributed by atoms with Gasteiger partial charge in [0.25, 0.3) is 0 Å². The van der Waals surface area contributed by atoms with Crippen LogP contribution in [-0.2, 0) is 21.5 Å². The van der Waals surface area contributed by atoms with Gasteiger partial charge in [-0.1, -0.05) is 20.8 Å². The van der Waals surface area contributed by atoms with Crippen molar-refractivity contribution in [1.82, 2.24) is 20.1 Å². The van der Waals surface area contributed by atoms with Crippen molar-refractivity contribution in [2.75, 3.05) is 53.0 Å². The van der Waals surface area contributed by atoms with E-state index in [-0.39, 0.29) is 41.6 Å². The summed E-state index contributed by atoms with van der Waals surface area (Å²) >= 11 is 1.75. The topological polar surface area (TPSA) is 57.7 Å². The van der Waals surface area contributed by atoms with Crippen molar-refractivity contribution in [3.63, 3.8) is 0 Å². The minimum absolute atomic E-state index is 0. The van der Waals surface area contributed by atoms with Gasteiger partial charge in [0.2, 0.25) is 5.91 Å². The number of carbonyl (C=O) groups excluding carboxylic acids is 1. The smallest absolute Gasteiger partial charge is 0.231 e. The summed E-state index contributed by atoms with van der Waals surface area (Å²) in [5, 5.41) is 6.74. The number of nitrogens with zero attached hydrogens (tertiary/aromatic N) is 3. The van der Waals surface area contributed by atoms with Gasteiger partial charge in [0, 0.05) is 50.6 Å². The van der Waals surface area contributed by atoms with Crippen molar-refractivity contribution in [2.24, 2.45) is 5.41 Å². The molecule has 0 aliphatic carbocycles. The van der Waals surface area contributed by atoms with E-state index >= 15 is 0 Å². The van der Waals surface area contributed by atoms with Crippen LogP contribution in [0.2, 0.25) is 0 Å². The lowest BCUT2D eigenvalue weighted by Gasteiger charge is -2.42. The predicted molar refractivity (Wildman–Crippen MR) is 124 cm³/mol. The SMILES string of the molecule is COCC1(C(=O)N2CCN(Cc3csc(C(C)(C)C)n3)CC2)CCNCC1.Cl.Cl. The van der Waals surface area contributed by atoms with Gasteiger partial charge in [-0.3, -0.25) is 9.69 Å². The molecule has 0 unspecified atom stereocenters. The Bertz CT molecular complexity index is 631. The van der Waals surface area contributed by atoms with Gasteiger partial charge < -0.3 is 15.0 Å². The summed E-state index contributed by atoms with van der Waals surface area (Å²) in [6, 6.07) is 0. The van der Waals surface area contributed by atoms with E-state index in [0.717, 1.165) is 64.3 Å². The molecule has 9 heteroatoms. The second-order valence-corrected chi connectivity index (χ2v) is 9.78. The Morgan fingerprint density at radius 1 is 1.21 bits per heavy atom. The maximum atomic E-state index is 13.2. The number of nitrogens with one attached hydrogen (secondary N) is 1. The van der Waals surface area contributed by atoms with Crippen molar-refractivity contribution in [3.05, 3.63) is 16.1 Å². The molecule has 1 amide bonds. The number of thiazole rings is 1. The number of rotatable bonds is 5. The van der Waals surface area contributed by atoms with Crippen LogP contribution in [0.15, 0.2) is 5.38 Å². The maximum Gasteiger partial charge on any atom is 0.231 e. The fourth-order valence-corrected chi connectivity index (χ4v) is 4.90. The first-order chi connectivity index (χ1) is 12.8. The van der Waals surface area contributed by atoms with E-state index in [4.69, 9.17) is 9.72 Å². The Hall–Kier alpha value is -0.440. The van der Waals surface area contributed by atoms with E-state index in [1.165, 1.54) is 5.01 Å². The molecule has 1 aromatic rings. The highest BCUT2D eigenvalue weighted by molar-refractivity contribution is 7.09. The summed E-state index contributed by atoms with van der Waals surface area (Å²) in [6.45, 7) is 13.2. The van der Waals surface area contributed by atoms with Crippen LogP contribution in [0.1, 0.15) is 44.3 Å². The molecule has 3 heterocycles. The van der Waals surface area contributed by atoms with Crippen LogP contribution in [-0.4, -0.2) is 73.7 Å². The normalized spacial score (nSPS) is 19.9. The van der Waals surface area contributed by atoms with Crippen molar-refractivity contribution < 1.29 is 9.53 Å². The molecule has 0 atom stereocenters. The summed E-state index contributed by atoms with van der Waals surface area (Å²) in [7, 11) is 1.70. The van der Waals surface area contributed by atoms with Crippen LogP contribution < -0.4 is 5.32 Å². The molecule has 168 valence electrons. The summed E-state index contributed by atoms with van der Waals surface area (Å²) in [4.78, 5) is 22.5. The van der Waals surface area contributed by atoms with Crippen LogP contribution in [0, 0.1) is 5.41 Å². The van der Waals surface area contributed by atoms with Gasteiger partial charge in [-0.15, -0.1) is 36.2 Å². The van der Waals surface area contributed by atoms with E-state index in [0.29, 0.717) is 6.61 Å². The molecule has 0 aromatic carbocycles. The minimum Gasteiger partial charge on any atom is -0.384 e. The van der Waals surface area contributed by atoms with Gasteiger partial charge >= 0.3 is 0 Å². The van der Waals surface area contributed by atoms with E-state index in [1.807, 2.05) is 0 Å². The number of ether oxygens (including phenoxy) is 1. The van der Waals surface area contributed by atoms with Gasteiger partial charge in [0.05, 0.1) is 22.7 Å². The highest BCUT2D eigenvalue weighted by atomic mass is 35.5. The molecule has 2 saturated heterocycles. The number of carbonyl (C=O) groups is 1. The number of piperazine rings is 1. The molecule has 29 heavy (non-hydrogen) atoms. The van der Waals surface area contributed by atoms with Gasteiger partial charge in [0.1, 0.15) is 0 Å². The molecule has 0 bridgehead atoms. The fraction of sp³-hybridized carbons (Fsp3) is 0.800. The molecule has 0 spiro atoms. The average Bonchev–Trinajstić information content (AvgIpc) is 3.12. The quantitative estimate of drug-likeness (QED) is 0.722. The Kier molecular flexibility index (Phi) is 10.3. The highest BCUT2D eigenvalue weighted by Crippen LogP contribution is 2.32. The molecule has 0 radical (unpaired) electrons. The summed E-state index contributed by atoms with van der Waals surface area (Å²) in [5.41, 5.74) is 0.927. The van der Waals surface area contributed by atoms with Crippen LogP contribution in [0.3, 0.4) is 0 Å². The molecule has 2 aliphatic rings. The Balaban J connectivity index is 0.00000210. The molecule has 2 aliphatic heterocycles. The van der Waals surface area contributed by atoms with Crippen molar-refractivity contribution in [1.29, 1.82) is 0 Å². The Labute approximate surface area is 191 Å². The van der Waals surface area contributed by atoms with Crippen LogP contribution in [0.4, 0.5) is 0 Å². The summed E-state index contributed by atoms with van der Waals surface area (Å²) in [6.07, 6.45) is 1.74. The Morgan fingerprint density at radius 2 is 1.83 bits per heavy atom. The predicted octanol–water partition coefficient (Wildman–Crippen LogP) is 2.94. The third-order valence-electron chi connectivity index (χ3n) is 5.67. The van der Waals surface area contributed by atoms with Gasteiger partial charge in [-0.2, -0.15) is 0 Å². The summed E-state index contributed by atoms with van der Waals surface area (Å²) < 4.78 is 5.43. The van der Waals surface area contributed by atoms with E-state index in [2.05, 4.69) is 41.3 Å². The van der Waals surface area contributed by atoms with Crippen molar-refractivity contribution in [3.8, 4) is 0 Å². The largest absolute Gasteiger partial charge is 0.384 e. The first-order valence-electron chi connectivity index (χ1n) is 10.0. The molecule has 0 saturated carbocycles. The molecular weight excluding hydrogens is 431 g/mol. The number of hydrogen-bond acceptors (Lipinski definition) is 6. The summed E-state index contributed by atoms with van der Waals surface area (Å²) in [5.74, 6) is 0.286. The lowest BCUT2D eigenvalue weighted by Crippen LogP contribution is -2.56. The third kappa shape index (κ3) is 6.52. The number of hydrogen-bond donors (Lipinski definition) is 1. The molecule has 1 aromatic heterocycles. The zero-order valence-electron chi connectivity index (χ0n) is 18.0. The molecule has 1 N–H and O–H groups in total. The van der Waals surface area contributed by atoms with Crippen molar-refractivity contribution in [2.45, 2.75) is 45.6 Å². The van der Waals surface area contributed by atoms with Crippen molar-refractivity contribution >= 4 is 42.1 Å². The monoisotopic (exact) mass is 466 g/mol. The van der Waals surface area contributed by atoms with Gasteiger partial charge in [0.15, 0.2) is 0 Å². The first kappa shape index (κ1) is 26.6. The lowest BCUT2D eigenvalue weighted by molar-refractivity contribution is -0.149. The van der Waals surface area contributed by atoms with Gasteiger partial charge in [-0.25, -0.2) is 4.98 Å². The number of amides is 1. The molecule has 3 rings (SSSR count). The fourth-order valence-electron chi connectivity index (χ4n) is 4.00. The molecule has 6 nitrogen and oxygen atoms in total. The molecule has 2 fully saturated rings. The zero-order chi connectivity index (χ0) is 19.5. The number of aromatic nitrogens is 1. The maximum absolute atomic E-state index is 13.2.